The summed E-state index contributed by atoms with van der Waals surface area (Å²) in [6.45, 7) is 0. The highest BCUT2D eigenvalue weighted by molar-refractivity contribution is 5.91. The van der Waals surface area contributed by atoms with Crippen molar-refractivity contribution in [2.75, 3.05) is 0 Å². The van der Waals surface area contributed by atoms with Crippen LogP contribution in [0.5, 0.6) is 0 Å². The molecule has 0 atom stereocenters. The number of pyridine rings is 1. The first kappa shape index (κ1) is 13.1. The van der Waals surface area contributed by atoms with E-state index in [-0.39, 0.29) is 0 Å². The van der Waals surface area contributed by atoms with Crippen LogP contribution in [0.25, 0.3) is 23.1 Å². The number of aromatic carboxylic acids is 1. The van der Waals surface area contributed by atoms with Crippen LogP contribution < -0.4 is 0 Å². The molecule has 0 amide bonds. The summed E-state index contributed by atoms with van der Waals surface area (Å²) in [4.78, 5) is 15.1. The van der Waals surface area contributed by atoms with Crippen molar-refractivity contribution in [3.63, 3.8) is 0 Å². The molecule has 3 rings (SSSR count). The number of nitrogens with zero attached hydrogens (tertiary/aromatic N) is 1. The molecule has 1 N–H and O–H groups in total. The summed E-state index contributed by atoms with van der Waals surface area (Å²) < 4.78 is 0. The molecule has 0 fully saturated rings. The van der Waals surface area contributed by atoms with Gasteiger partial charge in [0.2, 0.25) is 0 Å². The van der Waals surface area contributed by atoms with Gasteiger partial charge >= 0.3 is 5.97 Å². The minimum atomic E-state index is -0.911. The summed E-state index contributed by atoms with van der Waals surface area (Å²) in [6, 6.07) is 16.7. The molecular weight excluding hydrogens is 262 g/mol. The molecule has 1 heterocycles. The minimum absolute atomic E-state index is 0.293. The second-order valence-corrected chi connectivity index (χ2v) is 4.68. The van der Waals surface area contributed by atoms with Crippen LogP contribution in [0.2, 0.25) is 0 Å². The lowest BCUT2D eigenvalue weighted by atomic mass is 10.1. The average molecular weight is 275 g/mol. The van der Waals surface area contributed by atoms with Crippen molar-refractivity contribution in [1.82, 2.24) is 4.98 Å². The second-order valence-electron chi connectivity index (χ2n) is 4.68. The van der Waals surface area contributed by atoms with E-state index in [1.165, 1.54) is 0 Å². The molecule has 3 aromatic rings. The summed E-state index contributed by atoms with van der Waals surface area (Å²) in [6.07, 6.45) is 5.77. The Kier molecular flexibility index (Phi) is 3.48. The minimum Gasteiger partial charge on any atom is -0.478 e. The van der Waals surface area contributed by atoms with Crippen LogP contribution >= 0.6 is 0 Å². The van der Waals surface area contributed by atoms with E-state index in [4.69, 9.17) is 5.11 Å². The molecule has 0 aliphatic carbocycles. The van der Waals surface area contributed by atoms with Crippen molar-refractivity contribution in [3.05, 3.63) is 77.5 Å². The van der Waals surface area contributed by atoms with Gasteiger partial charge in [-0.1, -0.05) is 42.5 Å². The van der Waals surface area contributed by atoms with Crippen molar-refractivity contribution in [3.8, 4) is 0 Å². The predicted octanol–water partition coefficient (Wildman–Crippen LogP) is 4.10. The predicted molar refractivity (Wildman–Crippen MR) is 84.1 cm³/mol. The molecule has 0 radical (unpaired) electrons. The van der Waals surface area contributed by atoms with Gasteiger partial charge in [0.25, 0.3) is 0 Å². The third-order valence-corrected chi connectivity index (χ3v) is 3.30. The number of rotatable bonds is 3. The van der Waals surface area contributed by atoms with Gasteiger partial charge in [0.05, 0.1) is 11.1 Å². The van der Waals surface area contributed by atoms with Crippen LogP contribution in [0, 0.1) is 0 Å². The summed E-state index contributed by atoms with van der Waals surface area (Å²) in [7, 11) is 0. The van der Waals surface area contributed by atoms with Crippen LogP contribution in [-0.4, -0.2) is 16.1 Å². The molecule has 1 aromatic heterocycles. The number of carbonyl (C=O) groups is 1. The Morgan fingerprint density at radius 3 is 2.48 bits per heavy atom. The van der Waals surface area contributed by atoms with Crippen molar-refractivity contribution < 1.29 is 9.90 Å². The molecule has 21 heavy (non-hydrogen) atoms. The maximum atomic E-state index is 10.8. The molecule has 0 aliphatic heterocycles. The Morgan fingerprint density at radius 2 is 1.71 bits per heavy atom. The zero-order valence-electron chi connectivity index (χ0n) is 11.2. The first-order chi connectivity index (χ1) is 10.2. The highest BCUT2D eigenvalue weighted by atomic mass is 16.4. The zero-order chi connectivity index (χ0) is 14.7. The van der Waals surface area contributed by atoms with E-state index in [2.05, 4.69) is 4.98 Å². The third-order valence-electron chi connectivity index (χ3n) is 3.30. The van der Waals surface area contributed by atoms with Gasteiger partial charge < -0.3 is 5.11 Å². The largest absolute Gasteiger partial charge is 0.478 e. The van der Waals surface area contributed by atoms with E-state index in [1.807, 2.05) is 42.5 Å². The van der Waals surface area contributed by atoms with Gasteiger partial charge in [0.1, 0.15) is 0 Å². The fraction of sp³-hybridized carbons (Fsp3) is 0. The number of aromatic nitrogens is 1. The number of hydrogen-bond donors (Lipinski definition) is 1. The molecule has 0 aliphatic rings. The van der Waals surface area contributed by atoms with E-state index in [0.29, 0.717) is 5.56 Å². The molecule has 2 aromatic carbocycles. The topological polar surface area (TPSA) is 50.2 Å². The normalized spacial score (nSPS) is 11.0. The van der Waals surface area contributed by atoms with E-state index >= 15 is 0 Å². The SMILES string of the molecule is O=C(O)c1ccc(/C=C\c2ccnc3ccccc23)cc1. The Balaban J connectivity index is 1.92. The smallest absolute Gasteiger partial charge is 0.335 e. The van der Waals surface area contributed by atoms with Gasteiger partial charge in [0, 0.05) is 11.6 Å². The molecule has 0 unspecified atom stereocenters. The quantitative estimate of drug-likeness (QED) is 0.782. The number of carboxylic acids is 1. The Labute approximate surface area is 122 Å². The number of hydrogen-bond acceptors (Lipinski definition) is 2. The average Bonchev–Trinajstić information content (AvgIpc) is 2.53. The molecule has 0 bridgehead atoms. The van der Waals surface area contributed by atoms with Crippen molar-refractivity contribution in [2.45, 2.75) is 0 Å². The number of fused-ring (bicyclic) bond motifs is 1. The Bertz CT molecular complexity index is 815. The van der Waals surface area contributed by atoms with Crippen molar-refractivity contribution >= 4 is 29.0 Å². The lowest BCUT2D eigenvalue weighted by molar-refractivity contribution is 0.0697. The molecule has 3 heteroatoms. The van der Waals surface area contributed by atoms with Crippen LogP contribution in [0.4, 0.5) is 0 Å². The fourth-order valence-corrected chi connectivity index (χ4v) is 2.19. The van der Waals surface area contributed by atoms with Gasteiger partial charge in [-0.25, -0.2) is 4.79 Å². The Hall–Kier alpha value is -2.94. The van der Waals surface area contributed by atoms with Crippen molar-refractivity contribution in [1.29, 1.82) is 0 Å². The Morgan fingerprint density at radius 1 is 0.952 bits per heavy atom. The zero-order valence-corrected chi connectivity index (χ0v) is 11.2. The van der Waals surface area contributed by atoms with Gasteiger partial charge in [0.15, 0.2) is 0 Å². The highest BCUT2D eigenvalue weighted by Gasteiger charge is 2.01. The van der Waals surface area contributed by atoms with Gasteiger partial charge in [-0.15, -0.1) is 0 Å². The first-order valence-electron chi connectivity index (χ1n) is 6.59. The van der Waals surface area contributed by atoms with Crippen LogP contribution in [0.1, 0.15) is 21.5 Å². The van der Waals surface area contributed by atoms with Gasteiger partial charge in [-0.2, -0.15) is 0 Å². The van der Waals surface area contributed by atoms with E-state index in [0.717, 1.165) is 22.0 Å². The molecule has 102 valence electrons. The van der Waals surface area contributed by atoms with Crippen LogP contribution in [0.3, 0.4) is 0 Å². The second kappa shape index (κ2) is 5.59. The summed E-state index contributed by atoms with van der Waals surface area (Å²) in [5, 5.41) is 9.97. The molecule has 0 spiro atoms. The third kappa shape index (κ3) is 2.82. The maximum Gasteiger partial charge on any atom is 0.335 e. The molecule has 0 saturated heterocycles. The molecule has 0 saturated carbocycles. The van der Waals surface area contributed by atoms with E-state index < -0.39 is 5.97 Å². The molecule has 3 nitrogen and oxygen atoms in total. The lowest BCUT2D eigenvalue weighted by Gasteiger charge is -2.01. The number of para-hydroxylation sites is 1. The monoisotopic (exact) mass is 275 g/mol. The highest BCUT2D eigenvalue weighted by Crippen LogP contribution is 2.18. The number of carboxylic acid groups (broad SMARTS) is 1. The van der Waals surface area contributed by atoms with E-state index in [1.54, 1.807) is 30.5 Å². The fourth-order valence-electron chi connectivity index (χ4n) is 2.19. The summed E-state index contributed by atoms with van der Waals surface area (Å²) in [5.74, 6) is -0.911. The van der Waals surface area contributed by atoms with Crippen molar-refractivity contribution in [2.24, 2.45) is 0 Å². The lowest BCUT2D eigenvalue weighted by Crippen LogP contribution is -1.94. The number of benzene rings is 2. The maximum absolute atomic E-state index is 10.8. The van der Waals surface area contributed by atoms with Gasteiger partial charge in [-0.05, 0) is 35.4 Å². The summed E-state index contributed by atoms with van der Waals surface area (Å²) >= 11 is 0. The standard InChI is InChI=1S/C18H13NO2/c20-18(21)15-9-6-13(7-10-15)5-8-14-11-12-19-17-4-2-1-3-16(14)17/h1-12H,(H,20,21)/b8-5-. The molecular formula is C18H13NO2. The van der Waals surface area contributed by atoms with Crippen LogP contribution in [0.15, 0.2) is 60.8 Å². The first-order valence-corrected chi connectivity index (χ1v) is 6.59. The summed E-state index contributed by atoms with van der Waals surface area (Å²) in [5.41, 5.74) is 3.30. The van der Waals surface area contributed by atoms with Gasteiger partial charge in [-0.3, -0.25) is 4.98 Å². The van der Waals surface area contributed by atoms with E-state index in [9.17, 15) is 4.79 Å². The van der Waals surface area contributed by atoms with Crippen LogP contribution in [-0.2, 0) is 0 Å².